The minimum Gasteiger partial charge on any atom is -0.489 e. The molecule has 1 aliphatic heterocycles. The molecule has 122 valence electrons. The van der Waals surface area contributed by atoms with Crippen molar-refractivity contribution in [3.8, 4) is 5.75 Å². The maximum absolute atomic E-state index is 11.5. The number of urea groups is 1. The summed E-state index contributed by atoms with van der Waals surface area (Å²) in [5, 5.41) is 5.32. The molecule has 2 aromatic carbocycles. The molecule has 0 unspecified atom stereocenters. The monoisotopic (exact) mass is 342 g/mol. The van der Waals surface area contributed by atoms with Crippen LogP contribution in [0.5, 0.6) is 5.75 Å². The van der Waals surface area contributed by atoms with Gasteiger partial charge in [0.05, 0.1) is 0 Å². The Morgan fingerprint density at radius 3 is 2.50 bits per heavy atom. The molecule has 0 aliphatic carbocycles. The molecule has 5 nitrogen and oxygen atoms in total. The number of ether oxygens (including phenoxy) is 1. The van der Waals surface area contributed by atoms with E-state index < -0.39 is 11.9 Å². The molecule has 0 aromatic heterocycles. The summed E-state index contributed by atoms with van der Waals surface area (Å²) in [5.41, 5.74) is 2.27. The molecular formula is C18H15ClN2O3. The summed E-state index contributed by atoms with van der Waals surface area (Å²) in [6, 6.07) is 14.6. The van der Waals surface area contributed by atoms with Crippen LogP contribution in [0.1, 0.15) is 11.1 Å². The van der Waals surface area contributed by atoms with Crippen molar-refractivity contribution in [2.75, 3.05) is 0 Å². The first-order valence-electron chi connectivity index (χ1n) is 7.39. The molecule has 1 heterocycles. The highest BCUT2D eigenvalue weighted by atomic mass is 35.5. The topological polar surface area (TPSA) is 67.4 Å². The number of benzene rings is 2. The lowest BCUT2D eigenvalue weighted by Gasteiger charge is -2.08. The van der Waals surface area contributed by atoms with Crippen LogP contribution in [-0.4, -0.2) is 11.9 Å². The lowest BCUT2D eigenvalue weighted by Crippen LogP contribution is -2.22. The van der Waals surface area contributed by atoms with E-state index in [1.807, 2.05) is 48.5 Å². The fourth-order valence-electron chi connectivity index (χ4n) is 2.25. The summed E-state index contributed by atoms with van der Waals surface area (Å²) in [4.78, 5) is 22.5. The Hall–Kier alpha value is -2.79. The van der Waals surface area contributed by atoms with E-state index in [9.17, 15) is 9.59 Å². The highest BCUT2D eigenvalue weighted by Crippen LogP contribution is 2.17. The Morgan fingerprint density at radius 1 is 1.00 bits per heavy atom. The number of halogens is 1. The second kappa shape index (κ2) is 7.19. The fraction of sp³-hybridized carbons (Fsp3) is 0.111. The normalized spacial score (nSPS) is 15.3. The quantitative estimate of drug-likeness (QED) is 0.647. The van der Waals surface area contributed by atoms with E-state index in [0.717, 1.165) is 16.9 Å². The summed E-state index contributed by atoms with van der Waals surface area (Å²) in [6.07, 6.45) is 2.19. The molecule has 2 aromatic rings. The van der Waals surface area contributed by atoms with Crippen molar-refractivity contribution in [2.45, 2.75) is 13.0 Å². The third kappa shape index (κ3) is 4.14. The SMILES string of the molecule is O=C1NC(=O)/C(=C/Cc2cccc(OCc3ccc(Cl)cc3)c2)N1. The molecule has 3 amide bonds. The summed E-state index contributed by atoms with van der Waals surface area (Å²) < 4.78 is 5.77. The molecule has 3 rings (SSSR count). The molecule has 0 saturated carbocycles. The zero-order valence-corrected chi connectivity index (χ0v) is 13.5. The van der Waals surface area contributed by atoms with Gasteiger partial charge < -0.3 is 10.1 Å². The summed E-state index contributed by atoms with van der Waals surface area (Å²) >= 11 is 5.86. The van der Waals surface area contributed by atoms with Crippen molar-refractivity contribution < 1.29 is 14.3 Å². The first-order valence-corrected chi connectivity index (χ1v) is 7.76. The van der Waals surface area contributed by atoms with Crippen LogP contribution in [0.15, 0.2) is 60.3 Å². The van der Waals surface area contributed by atoms with Crippen LogP contribution in [0, 0.1) is 0 Å². The predicted octanol–water partition coefficient (Wildman–Crippen LogP) is 3.18. The van der Waals surface area contributed by atoms with Gasteiger partial charge in [-0.3, -0.25) is 10.1 Å². The lowest BCUT2D eigenvalue weighted by molar-refractivity contribution is -0.115. The van der Waals surface area contributed by atoms with Crippen LogP contribution in [0.3, 0.4) is 0 Å². The lowest BCUT2D eigenvalue weighted by atomic mass is 10.1. The number of carbonyl (C=O) groups excluding carboxylic acids is 2. The molecular weight excluding hydrogens is 328 g/mol. The van der Waals surface area contributed by atoms with Gasteiger partial charge in [-0.05, 0) is 41.8 Å². The first-order chi connectivity index (χ1) is 11.6. The highest BCUT2D eigenvalue weighted by molar-refractivity contribution is 6.30. The predicted molar refractivity (Wildman–Crippen MR) is 90.7 cm³/mol. The van der Waals surface area contributed by atoms with Crippen molar-refractivity contribution in [1.82, 2.24) is 10.6 Å². The van der Waals surface area contributed by atoms with Crippen molar-refractivity contribution in [3.05, 3.63) is 76.5 Å². The van der Waals surface area contributed by atoms with Crippen LogP contribution < -0.4 is 15.4 Å². The van der Waals surface area contributed by atoms with Crippen molar-refractivity contribution in [3.63, 3.8) is 0 Å². The van der Waals surface area contributed by atoms with E-state index in [4.69, 9.17) is 16.3 Å². The first kappa shape index (κ1) is 16.1. The Kier molecular flexibility index (Phi) is 4.82. The van der Waals surface area contributed by atoms with Crippen LogP contribution in [0.2, 0.25) is 5.02 Å². The smallest absolute Gasteiger partial charge is 0.326 e. The minimum atomic E-state index is -0.494. The Morgan fingerprint density at radius 2 is 1.79 bits per heavy atom. The fourth-order valence-corrected chi connectivity index (χ4v) is 2.38. The second-order valence-electron chi connectivity index (χ2n) is 5.29. The third-order valence-electron chi connectivity index (χ3n) is 3.48. The standard InChI is InChI=1S/C18H15ClN2O3/c19-14-7-4-13(5-8-14)11-24-15-3-1-2-12(10-15)6-9-16-17(22)21-18(23)20-16/h1-5,7-10H,6,11H2,(H2,20,21,22,23)/b16-9-. The molecule has 24 heavy (non-hydrogen) atoms. The van der Waals surface area contributed by atoms with Gasteiger partial charge in [0.15, 0.2) is 0 Å². The Bertz CT molecular complexity index is 800. The number of carbonyl (C=O) groups is 2. The molecule has 1 aliphatic rings. The summed E-state index contributed by atoms with van der Waals surface area (Å²) in [7, 11) is 0. The van der Waals surface area contributed by atoms with E-state index in [1.165, 1.54) is 0 Å². The van der Waals surface area contributed by atoms with E-state index >= 15 is 0 Å². The van der Waals surface area contributed by atoms with Crippen molar-refractivity contribution in [2.24, 2.45) is 0 Å². The van der Waals surface area contributed by atoms with E-state index in [-0.39, 0.29) is 5.70 Å². The molecule has 2 N–H and O–H groups in total. The van der Waals surface area contributed by atoms with Gasteiger partial charge in [-0.15, -0.1) is 0 Å². The molecule has 1 saturated heterocycles. The zero-order chi connectivity index (χ0) is 16.9. The summed E-state index contributed by atoms with van der Waals surface area (Å²) in [5.74, 6) is 0.330. The van der Waals surface area contributed by atoms with Gasteiger partial charge in [0.25, 0.3) is 5.91 Å². The highest BCUT2D eigenvalue weighted by Gasteiger charge is 2.22. The summed E-state index contributed by atoms with van der Waals surface area (Å²) in [6.45, 7) is 0.445. The van der Waals surface area contributed by atoms with Crippen LogP contribution >= 0.6 is 11.6 Å². The number of amides is 3. The van der Waals surface area contributed by atoms with Gasteiger partial charge in [0.1, 0.15) is 18.1 Å². The average Bonchev–Trinajstić information content (AvgIpc) is 2.90. The average molecular weight is 343 g/mol. The van der Waals surface area contributed by atoms with Gasteiger partial charge in [0, 0.05) is 5.02 Å². The Balaban J connectivity index is 1.61. The van der Waals surface area contributed by atoms with Gasteiger partial charge in [-0.25, -0.2) is 4.79 Å². The minimum absolute atomic E-state index is 0.271. The number of imide groups is 1. The third-order valence-corrected chi connectivity index (χ3v) is 3.73. The van der Waals surface area contributed by atoms with Crippen LogP contribution in [-0.2, 0) is 17.8 Å². The van der Waals surface area contributed by atoms with Crippen molar-refractivity contribution >= 4 is 23.5 Å². The second-order valence-corrected chi connectivity index (χ2v) is 5.73. The maximum Gasteiger partial charge on any atom is 0.326 e. The van der Waals surface area contributed by atoms with Gasteiger partial charge in [0.2, 0.25) is 0 Å². The molecule has 0 radical (unpaired) electrons. The van der Waals surface area contributed by atoms with E-state index in [1.54, 1.807) is 6.08 Å². The van der Waals surface area contributed by atoms with Crippen molar-refractivity contribution in [1.29, 1.82) is 0 Å². The van der Waals surface area contributed by atoms with Crippen LogP contribution in [0.4, 0.5) is 4.79 Å². The number of allylic oxidation sites excluding steroid dienone is 1. The molecule has 0 atom stereocenters. The van der Waals surface area contributed by atoms with Gasteiger partial charge in [-0.1, -0.05) is 41.9 Å². The number of nitrogens with one attached hydrogen (secondary N) is 2. The molecule has 0 spiro atoms. The molecule has 0 bridgehead atoms. The number of hydrogen-bond acceptors (Lipinski definition) is 3. The molecule has 1 fully saturated rings. The van der Waals surface area contributed by atoms with E-state index in [2.05, 4.69) is 10.6 Å². The Labute approximate surface area is 144 Å². The van der Waals surface area contributed by atoms with Gasteiger partial charge in [-0.2, -0.15) is 0 Å². The zero-order valence-electron chi connectivity index (χ0n) is 12.7. The maximum atomic E-state index is 11.5. The van der Waals surface area contributed by atoms with E-state index in [0.29, 0.717) is 18.1 Å². The number of hydrogen-bond donors (Lipinski definition) is 2. The van der Waals surface area contributed by atoms with Crippen LogP contribution in [0.25, 0.3) is 0 Å². The largest absolute Gasteiger partial charge is 0.489 e. The number of rotatable bonds is 5. The molecule has 6 heteroatoms. The van der Waals surface area contributed by atoms with Gasteiger partial charge >= 0.3 is 6.03 Å².